The van der Waals surface area contributed by atoms with Gasteiger partial charge >= 0.3 is 5.97 Å². The Hall–Kier alpha value is -1.55. The van der Waals surface area contributed by atoms with Crippen molar-refractivity contribution < 1.29 is 14.3 Å². The van der Waals surface area contributed by atoms with E-state index in [0.717, 1.165) is 11.3 Å². The zero-order chi connectivity index (χ0) is 14.6. The van der Waals surface area contributed by atoms with E-state index in [1.807, 2.05) is 39.8 Å². The van der Waals surface area contributed by atoms with Gasteiger partial charge in [-0.05, 0) is 39.3 Å². The predicted molar refractivity (Wildman–Crippen MR) is 75.2 cm³/mol. The molecule has 1 aromatic carbocycles. The van der Waals surface area contributed by atoms with E-state index in [9.17, 15) is 4.79 Å². The van der Waals surface area contributed by atoms with Gasteiger partial charge in [0.1, 0.15) is 17.4 Å². The van der Waals surface area contributed by atoms with Gasteiger partial charge in [0.2, 0.25) is 0 Å². The molecule has 0 bridgehead atoms. The summed E-state index contributed by atoms with van der Waals surface area (Å²) in [4.78, 5) is 11.4. The Bertz CT molecular complexity index is 455. The molecule has 0 aliphatic heterocycles. The van der Waals surface area contributed by atoms with Crippen LogP contribution in [-0.2, 0) is 9.53 Å². The van der Waals surface area contributed by atoms with Crippen molar-refractivity contribution >= 4 is 5.97 Å². The zero-order valence-corrected chi connectivity index (χ0v) is 12.3. The third-order valence-corrected chi connectivity index (χ3v) is 2.93. The van der Waals surface area contributed by atoms with Gasteiger partial charge in [0, 0.05) is 6.42 Å². The van der Waals surface area contributed by atoms with Crippen LogP contribution in [0.25, 0.3) is 0 Å². The molecule has 0 aromatic heterocycles. The largest absolute Gasteiger partial charge is 0.488 e. The van der Waals surface area contributed by atoms with Gasteiger partial charge in [0.25, 0.3) is 0 Å². The SMILES string of the molecule is COC(=O)C(N)CC(C)(C)Oc1ccc(C)cc1C. The minimum Gasteiger partial charge on any atom is -0.488 e. The first-order valence-corrected chi connectivity index (χ1v) is 6.35. The summed E-state index contributed by atoms with van der Waals surface area (Å²) >= 11 is 0. The summed E-state index contributed by atoms with van der Waals surface area (Å²) in [5.74, 6) is 0.393. The number of aryl methyl sites for hydroxylation is 2. The fourth-order valence-electron chi connectivity index (χ4n) is 2.02. The van der Waals surface area contributed by atoms with Crippen LogP contribution in [0.15, 0.2) is 18.2 Å². The number of hydrogen-bond acceptors (Lipinski definition) is 4. The van der Waals surface area contributed by atoms with Crippen LogP contribution in [0, 0.1) is 13.8 Å². The van der Waals surface area contributed by atoms with Crippen LogP contribution < -0.4 is 10.5 Å². The third-order valence-electron chi connectivity index (χ3n) is 2.93. The Morgan fingerprint density at radius 2 is 2.00 bits per heavy atom. The van der Waals surface area contributed by atoms with Gasteiger partial charge in [-0.15, -0.1) is 0 Å². The molecule has 1 aromatic rings. The van der Waals surface area contributed by atoms with E-state index in [0.29, 0.717) is 6.42 Å². The van der Waals surface area contributed by atoms with Crippen LogP contribution in [-0.4, -0.2) is 24.7 Å². The van der Waals surface area contributed by atoms with E-state index in [1.165, 1.54) is 12.7 Å². The monoisotopic (exact) mass is 265 g/mol. The molecule has 0 aliphatic rings. The molecule has 2 N–H and O–H groups in total. The Labute approximate surface area is 114 Å². The minimum atomic E-state index is -0.675. The average Bonchev–Trinajstić information content (AvgIpc) is 2.31. The summed E-state index contributed by atoms with van der Waals surface area (Å²) in [5, 5.41) is 0. The normalized spacial score (nSPS) is 12.9. The Kier molecular flexibility index (Phi) is 4.95. The Balaban J connectivity index is 2.76. The van der Waals surface area contributed by atoms with Gasteiger partial charge < -0.3 is 15.2 Å². The lowest BCUT2D eigenvalue weighted by molar-refractivity contribution is -0.143. The average molecular weight is 265 g/mol. The molecule has 1 atom stereocenters. The highest BCUT2D eigenvalue weighted by Gasteiger charge is 2.28. The van der Waals surface area contributed by atoms with E-state index >= 15 is 0 Å². The van der Waals surface area contributed by atoms with E-state index < -0.39 is 17.6 Å². The van der Waals surface area contributed by atoms with Crippen molar-refractivity contribution in [2.24, 2.45) is 5.73 Å². The van der Waals surface area contributed by atoms with Gasteiger partial charge in [-0.3, -0.25) is 4.79 Å². The highest BCUT2D eigenvalue weighted by atomic mass is 16.5. The van der Waals surface area contributed by atoms with Crippen molar-refractivity contribution in [3.63, 3.8) is 0 Å². The molecule has 0 spiro atoms. The smallest absolute Gasteiger partial charge is 0.322 e. The van der Waals surface area contributed by atoms with Crippen molar-refractivity contribution in [2.75, 3.05) is 7.11 Å². The molecule has 4 heteroatoms. The molecule has 0 fully saturated rings. The first kappa shape index (κ1) is 15.5. The second kappa shape index (κ2) is 6.06. The van der Waals surface area contributed by atoms with Gasteiger partial charge in [0.05, 0.1) is 7.11 Å². The van der Waals surface area contributed by atoms with Gasteiger partial charge in [-0.2, -0.15) is 0 Å². The first-order chi connectivity index (χ1) is 8.75. The first-order valence-electron chi connectivity index (χ1n) is 6.35. The minimum absolute atomic E-state index is 0.396. The van der Waals surface area contributed by atoms with Gasteiger partial charge in [-0.25, -0.2) is 0 Å². The number of nitrogens with two attached hydrogens (primary N) is 1. The fourth-order valence-corrected chi connectivity index (χ4v) is 2.02. The molecule has 4 nitrogen and oxygen atoms in total. The highest BCUT2D eigenvalue weighted by Crippen LogP contribution is 2.26. The molecule has 0 heterocycles. The number of benzene rings is 1. The predicted octanol–water partition coefficient (Wildman–Crippen LogP) is 2.35. The molecular formula is C15H23NO3. The molecule has 0 amide bonds. The van der Waals surface area contributed by atoms with Crippen molar-refractivity contribution in [1.29, 1.82) is 0 Å². The lowest BCUT2D eigenvalue weighted by atomic mass is 9.99. The van der Waals surface area contributed by atoms with Crippen molar-refractivity contribution in [1.82, 2.24) is 0 Å². The van der Waals surface area contributed by atoms with Crippen LogP contribution in [0.2, 0.25) is 0 Å². The van der Waals surface area contributed by atoms with Gasteiger partial charge in [0.15, 0.2) is 0 Å². The van der Waals surface area contributed by atoms with E-state index in [4.69, 9.17) is 10.5 Å². The number of carbonyl (C=O) groups is 1. The standard InChI is InChI=1S/C15H23NO3/c1-10-6-7-13(11(2)8-10)19-15(3,4)9-12(16)14(17)18-5/h6-8,12H,9,16H2,1-5H3. The molecule has 19 heavy (non-hydrogen) atoms. The van der Waals surface area contributed by atoms with Crippen molar-refractivity contribution in [2.45, 2.75) is 45.8 Å². The topological polar surface area (TPSA) is 61.5 Å². The fraction of sp³-hybridized carbons (Fsp3) is 0.533. The van der Waals surface area contributed by atoms with E-state index in [2.05, 4.69) is 10.8 Å². The summed E-state index contributed by atoms with van der Waals surface area (Å²) in [7, 11) is 1.33. The third kappa shape index (κ3) is 4.56. The van der Waals surface area contributed by atoms with Crippen LogP contribution in [0.3, 0.4) is 0 Å². The van der Waals surface area contributed by atoms with Crippen molar-refractivity contribution in [3.8, 4) is 5.75 Å². The van der Waals surface area contributed by atoms with Crippen LogP contribution in [0.5, 0.6) is 5.75 Å². The number of ether oxygens (including phenoxy) is 2. The van der Waals surface area contributed by atoms with E-state index in [-0.39, 0.29) is 0 Å². The maximum Gasteiger partial charge on any atom is 0.322 e. The maximum atomic E-state index is 11.4. The molecule has 1 rings (SSSR count). The molecule has 0 saturated heterocycles. The summed E-state index contributed by atoms with van der Waals surface area (Å²) in [6.07, 6.45) is 0.396. The summed E-state index contributed by atoms with van der Waals surface area (Å²) in [5.41, 5.74) is 7.50. The molecular weight excluding hydrogens is 242 g/mol. The van der Waals surface area contributed by atoms with E-state index in [1.54, 1.807) is 0 Å². The number of methoxy groups -OCH3 is 1. The number of rotatable bonds is 5. The zero-order valence-electron chi connectivity index (χ0n) is 12.3. The molecule has 0 saturated carbocycles. The second-order valence-corrected chi connectivity index (χ2v) is 5.46. The highest BCUT2D eigenvalue weighted by molar-refractivity contribution is 5.75. The maximum absolute atomic E-state index is 11.4. The summed E-state index contributed by atoms with van der Waals surface area (Å²) in [6, 6.07) is 5.33. The van der Waals surface area contributed by atoms with Crippen molar-refractivity contribution in [3.05, 3.63) is 29.3 Å². The van der Waals surface area contributed by atoms with Crippen LogP contribution >= 0.6 is 0 Å². The van der Waals surface area contributed by atoms with Crippen LogP contribution in [0.4, 0.5) is 0 Å². The quantitative estimate of drug-likeness (QED) is 0.830. The molecule has 1 unspecified atom stereocenters. The van der Waals surface area contributed by atoms with Crippen LogP contribution in [0.1, 0.15) is 31.4 Å². The molecule has 0 radical (unpaired) electrons. The number of esters is 1. The lowest BCUT2D eigenvalue weighted by Gasteiger charge is -2.29. The summed E-state index contributed by atoms with van der Waals surface area (Å²) in [6.45, 7) is 7.86. The Morgan fingerprint density at radius 1 is 1.37 bits per heavy atom. The Morgan fingerprint density at radius 3 is 2.53 bits per heavy atom. The lowest BCUT2D eigenvalue weighted by Crippen LogP contribution is -2.41. The number of carbonyl (C=O) groups excluding carboxylic acids is 1. The molecule has 0 aliphatic carbocycles. The van der Waals surface area contributed by atoms with Gasteiger partial charge in [-0.1, -0.05) is 17.7 Å². The molecule has 106 valence electrons. The second-order valence-electron chi connectivity index (χ2n) is 5.46. The summed E-state index contributed by atoms with van der Waals surface area (Å²) < 4.78 is 10.6. The number of hydrogen-bond donors (Lipinski definition) is 1.